The van der Waals surface area contributed by atoms with Gasteiger partial charge >= 0.3 is 5.97 Å². The highest BCUT2D eigenvalue weighted by atomic mass is 19.1. The van der Waals surface area contributed by atoms with Crippen LogP contribution < -0.4 is 0 Å². The van der Waals surface area contributed by atoms with Crippen LogP contribution in [0, 0.1) is 5.41 Å². The van der Waals surface area contributed by atoms with Gasteiger partial charge in [-0.15, -0.1) is 0 Å². The van der Waals surface area contributed by atoms with E-state index in [1.807, 2.05) is 11.9 Å². The van der Waals surface area contributed by atoms with Crippen LogP contribution in [0.1, 0.15) is 13.3 Å². The molecule has 0 amide bonds. The summed E-state index contributed by atoms with van der Waals surface area (Å²) in [6, 6.07) is 0. The Morgan fingerprint density at radius 3 is 2.86 bits per heavy atom. The molecule has 1 saturated heterocycles. The normalized spacial score (nSPS) is 31.9. The molecule has 0 N–H and O–H groups in total. The van der Waals surface area contributed by atoms with E-state index < -0.39 is 5.41 Å². The Labute approximate surface area is 83.5 Å². The highest BCUT2D eigenvalue weighted by Crippen LogP contribution is 2.35. The number of rotatable bonds is 1. The zero-order valence-electron chi connectivity index (χ0n) is 8.84. The quantitative estimate of drug-likeness (QED) is 0.600. The average molecular weight is 201 g/mol. The van der Waals surface area contributed by atoms with E-state index in [-0.39, 0.29) is 5.97 Å². The summed E-state index contributed by atoms with van der Waals surface area (Å²) in [6.07, 6.45) is 1.13. The third kappa shape index (κ3) is 1.80. The van der Waals surface area contributed by atoms with Gasteiger partial charge in [0, 0.05) is 13.1 Å². The fourth-order valence-corrected chi connectivity index (χ4v) is 1.90. The van der Waals surface area contributed by atoms with E-state index in [0.717, 1.165) is 6.54 Å². The van der Waals surface area contributed by atoms with Gasteiger partial charge in [0.15, 0.2) is 0 Å². The lowest BCUT2D eigenvalue weighted by Gasteiger charge is -2.38. The molecule has 1 unspecified atom stereocenters. The molecule has 1 aliphatic heterocycles. The summed E-state index contributed by atoms with van der Waals surface area (Å²) in [7, 11) is 3.24. The molecule has 0 aromatic heterocycles. The van der Waals surface area contributed by atoms with Crippen molar-refractivity contribution in [3.63, 3.8) is 0 Å². The Bertz CT molecular complexity index is 265. The molecular formula is C10H16FNO2. The number of ether oxygens (including phenoxy) is 1. The SMILES string of the molecule is COC(=O)C1(C)CN(C)CCC1=CF. The summed E-state index contributed by atoms with van der Waals surface area (Å²) >= 11 is 0. The molecule has 14 heavy (non-hydrogen) atoms. The fourth-order valence-electron chi connectivity index (χ4n) is 1.90. The van der Waals surface area contributed by atoms with E-state index in [4.69, 9.17) is 4.74 Å². The monoisotopic (exact) mass is 201 g/mol. The highest BCUT2D eigenvalue weighted by Gasteiger charge is 2.42. The molecule has 0 spiro atoms. The van der Waals surface area contributed by atoms with Gasteiger partial charge in [-0.1, -0.05) is 0 Å². The fraction of sp³-hybridized carbons (Fsp3) is 0.700. The smallest absolute Gasteiger partial charge is 0.317 e. The number of esters is 1. The van der Waals surface area contributed by atoms with Gasteiger partial charge in [-0.3, -0.25) is 4.79 Å². The summed E-state index contributed by atoms with van der Waals surface area (Å²) in [5.74, 6) is -0.368. The van der Waals surface area contributed by atoms with Crippen molar-refractivity contribution < 1.29 is 13.9 Å². The Morgan fingerprint density at radius 1 is 1.71 bits per heavy atom. The van der Waals surface area contributed by atoms with Crippen molar-refractivity contribution in [3.8, 4) is 0 Å². The Balaban J connectivity index is 2.95. The predicted molar refractivity (Wildman–Crippen MR) is 51.4 cm³/mol. The highest BCUT2D eigenvalue weighted by molar-refractivity contribution is 5.80. The summed E-state index contributed by atoms with van der Waals surface area (Å²) in [5.41, 5.74) is -0.293. The first kappa shape index (κ1) is 11.2. The van der Waals surface area contributed by atoms with Crippen molar-refractivity contribution in [2.24, 2.45) is 5.41 Å². The number of nitrogens with zero attached hydrogens (tertiary/aromatic N) is 1. The molecule has 80 valence electrons. The van der Waals surface area contributed by atoms with Gasteiger partial charge in [-0.05, 0) is 26.0 Å². The van der Waals surface area contributed by atoms with E-state index in [0.29, 0.717) is 24.9 Å². The van der Waals surface area contributed by atoms with E-state index in [1.54, 1.807) is 6.92 Å². The molecule has 0 aliphatic carbocycles. The van der Waals surface area contributed by atoms with E-state index in [1.165, 1.54) is 7.11 Å². The second-order valence-electron chi connectivity index (χ2n) is 3.95. The predicted octanol–water partition coefficient (Wildman–Crippen LogP) is 1.35. The molecular weight excluding hydrogens is 185 g/mol. The summed E-state index contributed by atoms with van der Waals surface area (Å²) in [6.45, 7) is 3.01. The van der Waals surface area contributed by atoms with Crippen molar-refractivity contribution in [1.29, 1.82) is 0 Å². The number of carbonyl (C=O) groups excluding carboxylic acids is 1. The maximum Gasteiger partial charge on any atom is 0.317 e. The van der Waals surface area contributed by atoms with Crippen LogP contribution in [0.25, 0.3) is 0 Å². The van der Waals surface area contributed by atoms with Crippen LogP contribution in [-0.2, 0) is 9.53 Å². The molecule has 0 radical (unpaired) electrons. The molecule has 1 fully saturated rings. The van der Waals surface area contributed by atoms with Crippen molar-refractivity contribution in [3.05, 3.63) is 11.9 Å². The van der Waals surface area contributed by atoms with Crippen LogP contribution in [0.2, 0.25) is 0 Å². The zero-order valence-corrected chi connectivity index (χ0v) is 8.84. The zero-order chi connectivity index (χ0) is 10.8. The van der Waals surface area contributed by atoms with Gasteiger partial charge in [0.05, 0.1) is 13.4 Å². The number of likely N-dealkylation sites (tertiary alicyclic amines) is 1. The first-order chi connectivity index (χ1) is 6.54. The van der Waals surface area contributed by atoms with Gasteiger partial charge in [0.1, 0.15) is 5.41 Å². The molecule has 4 heteroatoms. The number of halogens is 1. The molecule has 0 aromatic carbocycles. The molecule has 0 saturated carbocycles. The maximum absolute atomic E-state index is 12.6. The number of hydrogen-bond acceptors (Lipinski definition) is 3. The molecule has 1 heterocycles. The van der Waals surface area contributed by atoms with Crippen LogP contribution in [0.3, 0.4) is 0 Å². The largest absolute Gasteiger partial charge is 0.468 e. The lowest BCUT2D eigenvalue weighted by Crippen LogP contribution is -2.46. The second-order valence-corrected chi connectivity index (χ2v) is 3.95. The molecule has 0 bridgehead atoms. The molecule has 3 nitrogen and oxygen atoms in total. The first-order valence-electron chi connectivity index (χ1n) is 4.61. The summed E-state index contributed by atoms with van der Waals surface area (Å²) in [5, 5.41) is 0. The van der Waals surface area contributed by atoms with Gasteiger partial charge in [0.2, 0.25) is 0 Å². The van der Waals surface area contributed by atoms with E-state index >= 15 is 0 Å². The number of methoxy groups -OCH3 is 1. The lowest BCUT2D eigenvalue weighted by atomic mass is 9.78. The van der Waals surface area contributed by atoms with Gasteiger partial charge in [-0.2, -0.15) is 0 Å². The standard InChI is InChI=1S/C10H16FNO2/c1-10(9(13)14-3)7-12(2)5-4-8(10)6-11/h6H,4-5,7H2,1-3H3. The van der Waals surface area contributed by atoms with Crippen LogP contribution in [0.15, 0.2) is 11.9 Å². The van der Waals surface area contributed by atoms with Crippen LogP contribution in [0.4, 0.5) is 4.39 Å². The van der Waals surface area contributed by atoms with Crippen molar-refractivity contribution >= 4 is 5.97 Å². The van der Waals surface area contributed by atoms with Gasteiger partial charge in [-0.25, -0.2) is 4.39 Å². The van der Waals surface area contributed by atoms with Crippen LogP contribution in [-0.4, -0.2) is 38.1 Å². The summed E-state index contributed by atoms with van der Waals surface area (Å²) in [4.78, 5) is 13.6. The maximum atomic E-state index is 12.6. The third-order valence-corrected chi connectivity index (χ3v) is 2.83. The Hall–Kier alpha value is -0.900. The minimum atomic E-state index is -0.823. The number of carbonyl (C=O) groups is 1. The third-order valence-electron chi connectivity index (χ3n) is 2.83. The molecule has 1 atom stereocenters. The van der Waals surface area contributed by atoms with Crippen molar-refractivity contribution in [2.45, 2.75) is 13.3 Å². The van der Waals surface area contributed by atoms with Crippen LogP contribution >= 0.6 is 0 Å². The molecule has 0 aromatic rings. The Morgan fingerprint density at radius 2 is 2.36 bits per heavy atom. The molecule has 1 aliphatic rings. The minimum absolute atomic E-state index is 0.368. The van der Waals surface area contributed by atoms with E-state index in [2.05, 4.69) is 0 Å². The second kappa shape index (κ2) is 4.09. The topological polar surface area (TPSA) is 29.5 Å². The van der Waals surface area contributed by atoms with E-state index in [9.17, 15) is 9.18 Å². The summed E-state index contributed by atoms with van der Waals surface area (Å²) < 4.78 is 17.3. The number of hydrogen-bond donors (Lipinski definition) is 0. The molecule has 1 rings (SSSR count). The Kier molecular flexibility index (Phi) is 3.26. The van der Waals surface area contributed by atoms with Gasteiger partial charge < -0.3 is 9.64 Å². The van der Waals surface area contributed by atoms with Crippen LogP contribution in [0.5, 0.6) is 0 Å². The average Bonchev–Trinajstić information content (AvgIpc) is 2.16. The minimum Gasteiger partial charge on any atom is -0.468 e. The van der Waals surface area contributed by atoms with Crippen molar-refractivity contribution in [2.75, 3.05) is 27.2 Å². The lowest BCUT2D eigenvalue weighted by molar-refractivity contribution is -0.151. The van der Waals surface area contributed by atoms with Crippen molar-refractivity contribution in [1.82, 2.24) is 4.90 Å². The van der Waals surface area contributed by atoms with Gasteiger partial charge in [0.25, 0.3) is 0 Å². The number of piperidine rings is 1. The first-order valence-corrected chi connectivity index (χ1v) is 4.61.